The van der Waals surface area contributed by atoms with Gasteiger partial charge in [0.1, 0.15) is 30.4 Å². The summed E-state index contributed by atoms with van der Waals surface area (Å²) in [6.07, 6.45) is 9.92. The molecule has 3 atom stereocenters. The van der Waals surface area contributed by atoms with Gasteiger partial charge in [0.2, 0.25) is 0 Å². The number of sulfonamides is 1. The average molecular weight is 1020 g/mol. The van der Waals surface area contributed by atoms with Gasteiger partial charge in [0, 0.05) is 68.4 Å². The fourth-order valence-corrected chi connectivity index (χ4v) is 12.9. The molecule has 0 radical (unpaired) electrons. The Kier molecular flexibility index (Phi) is 13.8. The van der Waals surface area contributed by atoms with Crippen molar-refractivity contribution in [2.24, 2.45) is 11.3 Å². The lowest BCUT2D eigenvalue weighted by Gasteiger charge is -2.56. The van der Waals surface area contributed by atoms with Gasteiger partial charge < -0.3 is 39.3 Å². The molecule has 17 nitrogen and oxygen atoms in total. The van der Waals surface area contributed by atoms with Crippen molar-refractivity contribution < 1.29 is 46.6 Å². The molecule has 3 aromatic carbocycles. The Morgan fingerprint density at radius 3 is 2.51 bits per heavy atom. The summed E-state index contributed by atoms with van der Waals surface area (Å²) in [6, 6.07) is 17.9. The van der Waals surface area contributed by atoms with Crippen LogP contribution in [0.2, 0.25) is 0 Å². The zero-order valence-electron chi connectivity index (χ0n) is 42.1. The van der Waals surface area contributed by atoms with Crippen molar-refractivity contribution >= 4 is 44.0 Å². The zero-order chi connectivity index (χ0) is 51.4. The van der Waals surface area contributed by atoms with Crippen molar-refractivity contribution in [2.45, 2.75) is 133 Å². The molecule has 5 heterocycles. The van der Waals surface area contributed by atoms with Crippen LogP contribution < -0.4 is 29.1 Å². The summed E-state index contributed by atoms with van der Waals surface area (Å²) in [5.74, 6) is -1.31. The highest BCUT2D eigenvalue weighted by Gasteiger charge is 2.50. The summed E-state index contributed by atoms with van der Waals surface area (Å²) < 4.78 is 69.4. The van der Waals surface area contributed by atoms with Crippen LogP contribution >= 0.6 is 0 Å². The fourth-order valence-electron chi connectivity index (χ4n) is 11.9. The molecule has 0 bridgehead atoms. The van der Waals surface area contributed by atoms with Crippen LogP contribution in [0.4, 0.5) is 21.5 Å². The Morgan fingerprint density at radius 2 is 1.78 bits per heavy atom. The Labute approximate surface area is 425 Å². The highest BCUT2D eigenvalue weighted by atomic mass is 32.2. The number of likely N-dealkylation sites (tertiary alicyclic amines) is 1. The van der Waals surface area contributed by atoms with E-state index >= 15 is 4.39 Å². The number of fused-ring (bicyclic) bond motifs is 2. The van der Waals surface area contributed by atoms with Crippen LogP contribution in [-0.4, -0.2) is 103 Å². The third kappa shape index (κ3) is 10.3. The maximum atomic E-state index is 15.1. The minimum absolute atomic E-state index is 0.0254. The fraction of sp³-hybridized carbons (Fsp3) is 0.519. The van der Waals surface area contributed by atoms with Crippen molar-refractivity contribution in [1.82, 2.24) is 19.6 Å². The molecule has 4 fully saturated rings. The smallest absolute Gasteiger partial charge is 0.297 e. The third-order valence-corrected chi connectivity index (χ3v) is 17.6. The van der Waals surface area contributed by atoms with Crippen molar-refractivity contribution in [2.75, 3.05) is 50.2 Å². The number of halogens is 1. The van der Waals surface area contributed by atoms with E-state index in [1.807, 2.05) is 0 Å². The lowest BCUT2D eigenvalue weighted by atomic mass is 9.59. The molecule has 73 heavy (non-hydrogen) atoms. The number of H-pyrrole nitrogens is 1. The first-order chi connectivity index (χ1) is 34.9. The number of hydrogen-bond acceptors (Lipinski definition) is 14. The number of piperidine rings is 1. The summed E-state index contributed by atoms with van der Waals surface area (Å²) in [7, 11) is -3.25. The van der Waals surface area contributed by atoms with Gasteiger partial charge in [-0.05, 0) is 125 Å². The number of nitro groups is 1. The number of methoxy groups -OCH3 is 1. The minimum Gasteiger partial charge on any atom is -0.489 e. The minimum atomic E-state index is -4.78. The second-order valence-corrected chi connectivity index (χ2v) is 23.3. The predicted octanol–water partition coefficient (Wildman–Crippen LogP) is 9.76. The number of nitrogens with one attached hydrogen (secondary N) is 3. The van der Waals surface area contributed by atoms with Gasteiger partial charge in [0.15, 0.2) is 17.2 Å². The molecular weight excluding hydrogens is 958 g/mol. The molecule has 5 aromatic rings. The standard InChI is InChI=1S/C54H66FN7O10S/c1-32(2)38-9-6-7-10-39(38)44-11-8-20-61(44)36-27-54(28-36)18-21-60(22-19-54)35-12-13-40(46(23-35)72-48-26-41-42(55)29-56-50(41)58-52(48)71-30-33(3)69-5)51(63)59-73(67,68)37-24-45(62(65)66)49-47(25-37)70-31-43(57-49)34-14-16-53(4,64)17-15-34/h6-7,9-10,12-13,23-26,29,32-34,36,43-44,57,64H,8,11,14-22,27-28,30-31H2,1-5H3,(H,56,58)(H,59,63)/t33-,34?,43+,44+,53?/m0/s1. The molecule has 1 spiro atoms. The Morgan fingerprint density at radius 1 is 1.03 bits per heavy atom. The van der Waals surface area contributed by atoms with E-state index in [2.05, 4.69) is 67.9 Å². The number of hydrogen-bond donors (Lipinski definition) is 4. The maximum absolute atomic E-state index is 15.1. The maximum Gasteiger partial charge on any atom is 0.297 e. The van der Waals surface area contributed by atoms with E-state index in [0.717, 1.165) is 69.3 Å². The van der Waals surface area contributed by atoms with E-state index in [1.165, 1.54) is 43.2 Å². The van der Waals surface area contributed by atoms with Gasteiger partial charge >= 0.3 is 0 Å². The zero-order valence-corrected chi connectivity index (χ0v) is 42.9. The van der Waals surface area contributed by atoms with E-state index in [4.69, 9.17) is 18.9 Å². The number of nitrogens with zero attached hydrogens (tertiary/aromatic N) is 4. The molecule has 2 saturated heterocycles. The molecule has 19 heteroatoms. The molecule has 0 unspecified atom stereocenters. The number of carbonyl (C=O) groups excluding carboxylic acids is 1. The Hall–Kier alpha value is -6.02. The normalized spacial score (nSPS) is 23.6. The third-order valence-electron chi connectivity index (χ3n) is 16.3. The van der Waals surface area contributed by atoms with E-state index in [9.17, 15) is 28.4 Å². The second kappa shape index (κ2) is 20.0. The first-order valence-electron chi connectivity index (χ1n) is 25.7. The number of rotatable bonds is 15. The molecule has 4 N–H and O–H groups in total. The van der Waals surface area contributed by atoms with Crippen LogP contribution in [0.5, 0.6) is 23.1 Å². The van der Waals surface area contributed by atoms with Gasteiger partial charge in [0.05, 0.1) is 38.5 Å². The van der Waals surface area contributed by atoms with Gasteiger partial charge in [0.25, 0.3) is 27.5 Å². The molecule has 3 aliphatic heterocycles. The topological polar surface area (TPSA) is 211 Å². The summed E-state index contributed by atoms with van der Waals surface area (Å²) in [4.78, 5) is 37.9. The largest absolute Gasteiger partial charge is 0.489 e. The SMILES string of the molecule is CO[C@@H](C)COc1nc2[nH]cc(F)c2cc1Oc1cc(N2CCC3(CC2)CC(N2CCC[C@@H]2c2ccccc2C(C)C)C3)ccc1C(=O)NS(=O)(=O)c1cc2c(c([N+](=O)[O-])c1)N[C@@H](C1CCC(C)(O)CC1)CO2. The molecule has 390 valence electrons. The second-order valence-electron chi connectivity index (χ2n) is 21.6. The van der Waals surface area contributed by atoms with Crippen LogP contribution in [0.3, 0.4) is 0 Å². The number of ether oxygens (including phenoxy) is 4. The Bertz CT molecular complexity index is 2990. The number of aromatic amines is 1. The number of amides is 1. The molecule has 2 saturated carbocycles. The first kappa shape index (κ1) is 50.5. The number of anilines is 2. The molecule has 2 aromatic heterocycles. The lowest BCUT2D eigenvalue weighted by Crippen LogP contribution is -2.54. The van der Waals surface area contributed by atoms with Gasteiger partial charge in [-0.25, -0.2) is 17.5 Å². The van der Waals surface area contributed by atoms with Gasteiger partial charge in [-0.2, -0.15) is 4.98 Å². The molecule has 10 rings (SSSR count). The van der Waals surface area contributed by atoms with Gasteiger partial charge in [-0.3, -0.25) is 19.8 Å². The highest BCUT2D eigenvalue weighted by Crippen LogP contribution is 2.54. The molecule has 1 amide bonds. The number of benzene rings is 3. The molecular formula is C54H66FN7O10S. The number of carbonyl (C=O) groups is 1. The van der Waals surface area contributed by atoms with Crippen LogP contribution in [0.1, 0.15) is 125 Å². The predicted molar refractivity (Wildman–Crippen MR) is 274 cm³/mol. The summed E-state index contributed by atoms with van der Waals surface area (Å²) in [5, 5.41) is 26.3. The summed E-state index contributed by atoms with van der Waals surface area (Å²) >= 11 is 0. The summed E-state index contributed by atoms with van der Waals surface area (Å²) in [6.45, 7) is 10.9. The van der Waals surface area contributed by atoms with E-state index < -0.39 is 42.9 Å². The van der Waals surface area contributed by atoms with Crippen molar-refractivity contribution in [3.05, 3.63) is 99.5 Å². The number of nitro benzene ring substituents is 1. The van der Waals surface area contributed by atoms with Crippen molar-refractivity contribution in [1.29, 1.82) is 0 Å². The molecule has 2 aliphatic carbocycles. The van der Waals surface area contributed by atoms with E-state index in [-0.39, 0.29) is 82.1 Å². The first-order valence-corrected chi connectivity index (χ1v) is 27.1. The lowest BCUT2D eigenvalue weighted by molar-refractivity contribution is -0.384. The van der Waals surface area contributed by atoms with Crippen LogP contribution in [0.15, 0.2) is 71.8 Å². The van der Waals surface area contributed by atoms with Gasteiger partial charge in [-0.15, -0.1) is 0 Å². The number of aliphatic hydroxyl groups is 1. The Balaban J connectivity index is 0.904. The van der Waals surface area contributed by atoms with Crippen LogP contribution in [0.25, 0.3) is 11.0 Å². The summed E-state index contributed by atoms with van der Waals surface area (Å²) in [5.41, 5.74) is 2.59. The van der Waals surface area contributed by atoms with Crippen molar-refractivity contribution in [3.63, 3.8) is 0 Å². The average Bonchev–Trinajstić information content (AvgIpc) is 4.00. The monoisotopic (exact) mass is 1020 g/mol. The highest BCUT2D eigenvalue weighted by molar-refractivity contribution is 7.90. The van der Waals surface area contributed by atoms with Crippen LogP contribution in [-0.2, 0) is 14.8 Å². The molecule has 5 aliphatic rings. The van der Waals surface area contributed by atoms with E-state index in [1.54, 1.807) is 26.0 Å². The van der Waals surface area contributed by atoms with Gasteiger partial charge in [-0.1, -0.05) is 38.1 Å². The number of aromatic nitrogens is 2. The van der Waals surface area contributed by atoms with Crippen LogP contribution in [0, 0.1) is 27.3 Å². The quantitative estimate of drug-likeness (QED) is 0.0568. The number of pyridine rings is 1. The van der Waals surface area contributed by atoms with E-state index in [0.29, 0.717) is 43.7 Å². The van der Waals surface area contributed by atoms with Crippen molar-refractivity contribution in [3.8, 4) is 23.1 Å².